The van der Waals surface area contributed by atoms with Crippen LogP contribution in [0.25, 0.3) is 0 Å². The van der Waals surface area contributed by atoms with Gasteiger partial charge in [-0.15, -0.1) is 0 Å². The molecular formula is C22H25ClFN3O4. The Kier molecular flexibility index (Phi) is 7.84. The quantitative estimate of drug-likeness (QED) is 0.591. The molecule has 0 radical (unpaired) electrons. The monoisotopic (exact) mass is 449 g/mol. The zero-order valence-electron chi connectivity index (χ0n) is 16.9. The van der Waals surface area contributed by atoms with Crippen LogP contribution in [0.2, 0.25) is 5.02 Å². The van der Waals surface area contributed by atoms with E-state index in [0.717, 1.165) is 11.3 Å². The molecule has 166 valence electrons. The van der Waals surface area contributed by atoms with Crippen molar-refractivity contribution in [3.05, 3.63) is 64.9 Å². The third-order valence-corrected chi connectivity index (χ3v) is 5.44. The topological polar surface area (TPSA) is 93.1 Å². The fraction of sp³-hybridized carbons (Fsp3) is 0.364. The average molecular weight is 450 g/mol. The summed E-state index contributed by atoms with van der Waals surface area (Å²) in [5.41, 5.74) is 1.76. The van der Waals surface area contributed by atoms with Crippen molar-refractivity contribution >= 4 is 29.1 Å². The second kappa shape index (κ2) is 10.6. The average Bonchev–Trinajstić information content (AvgIpc) is 2.78. The summed E-state index contributed by atoms with van der Waals surface area (Å²) in [7, 11) is 0. The SMILES string of the molecule is O=C(NCCc1cccc(Cl)c1)[C@H](O)C(O)C(=O)N1CCN(c2ccc(F)cc2)CC1. The highest BCUT2D eigenvalue weighted by Gasteiger charge is 2.34. The van der Waals surface area contributed by atoms with E-state index in [-0.39, 0.29) is 12.4 Å². The summed E-state index contributed by atoms with van der Waals surface area (Å²) in [6.45, 7) is 1.85. The molecule has 1 aliphatic heterocycles. The van der Waals surface area contributed by atoms with Crippen molar-refractivity contribution < 1.29 is 24.2 Å². The number of rotatable bonds is 7. The van der Waals surface area contributed by atoms with Gasteiger partial charge in [-0.25, -0.2) is 4.39 Å². The zero-order chi connectivity index (χ0) is 22.4. The fourth-order valence-corrected chi connectivity index (χ4v) is 3.64. The molecule has 0 saturated carbocycles. The lowest BCUT2D eigenvalue weighted by Crippen LogP contribution is -2.55. The van der Waals surface area contributed by atoms with Crippen molar-refractivity contribution in [1.82, 2.24) is 10.2 Å². The molecule has 2 amide bonds. The van der Waals surface area contributed by atoms with Gasteiger partial charge < -0.3 is 25.3 Å². The first-order chi connectivity index (χ1) is 14.8. The van der Waals surface area contributed by atoms with Gasteiger partial charge in [-0.3, -0.25) is 9.59 Å². The van der Waals surface area contributed by atoms with Gasteiger partial charge in [-0.1, -0.05) is 23.7 Å². The van der Waals surface area contributed by atoms with Gasteiger partial charge >= 0.3 is 0 Å². The zero-order valence-corrected chi connectivity index (χ0v) is 17.6. The molecule has 7 nitrogen and oxygen atoms in total. The third kappa shape index (κ3) is 6.16. The van der Waals surface area contributed by atoms with E-state index in [9.17, 15) is 24.2 Å². The number of aliphatic hydroxyl groups is 2. The van der Waals surface area contributed by atoms with Gasteiger partial charge in [0.25, 0.3) is 11.8 Å². The van der Waals surface area contributed by atoms with Gasteiger partial charge in [0.1, 0.15) is 5.82 Å². The molecule has 1 fully saturated rings. The number of halogens is 2. The van der Waals surface area contributed by atoms with E-state index in [4.69, 9.17) is 11.6 Å². The maximum Gasteiger partial charge on any atom is 0.254 e. The molecule has 0 spiro atoms. The summed E-state index contributed by atoms with van der Waals surface area (Å²) in [5, 5.41) is 23.4. The summed E-state index contributed by atoms with van der Waals surface area (Å²) in [5.74, 6) is -1.83. The van der Waals surface area contributed by atoms with Crippen LogP contribution in [0.15, 0.2) is 48.5 Å². The van der Waals surface area contributed by atoms with E-state index in [1.165, 1.54) is 17.0 Å². The van der Waals surface area contributed by atoms with Gasteiger partial charge in [-0.2, -0.15) is 0 Å². The Morgan fingerprint density at radius 1 is 1.03 bits per heavy atom. The maximum absolute atomic E-state index is 13.1. The number of nitrogens with zero attached hydrogens (tertiary/aromatic N) is 2. The van der Waals surface area contributed by atoms with Crippen LogP contribution in [0.3, 0.4) is 0 Å². The van der Waals surface area contributed by atoms with Crippen LogP contribution in [0.4, 0.5) is 10.1 Å². The number of benzene rings is 2. The van der Waals surface area contributed by atoms with Crippen LogP contribution in [-0.4, -0.2) is 71.9 Å². The lowest BCUT2D eigenvalue weighted by Gasteiger charge is -2.37. The Labute approximate surface area is 185 Å². The smallest absolute Gasteiger partial charge is 0.254 e. The highest BCUT2D eigenvalue weighted by molar-refractivity contribution is 6.30. The Morgan fingerprint density at radius 3 is 2.35 bits per heavy atom. The minimum absolute atomic E-state index is 0.230. The number of carbonyl (C=O) groups excluding carboxylic acids is 2. The van der Waals surface area contributed by atoms with Crippen LogP contribution in [0, 0.1) is 5.82 Å². The van der Waals surface area contributed by atoms with Gasteiger partial charge in [0, 0.05) is 43.4 Å². The van der Waals surface area contributed by atoms with Gasteiger partial charge in [0.05, 0.1) is 0 Å². The lowest BCUT2D eigenvalue weighted by atomic mass is 10.1. The maximum atomic E-state index is 13.1. The van der Waals surface area contributed by atoms with Crippen molar-refractivity contribution in [1.29, 1.82) is 0 Å². The largest absolute Gasteiger partial charge is 0.380 e. The van der Waals surface area contributed by atoms with E-state index in [1.807, 2.05) is 11.0 Å². The molecule has 9 heteroatoms. The van der Waals surface area contributed by atoms with Crippen molar-refractivity contribution in [3.8, 4) is 0 Å². The van der Waals surface area contributed by atoms with E-state index >= 15 is 0 Å². The first-order valence-electron chi connectivity index (χ1n) is 10.0. The molecule has 0 aromatic heterocycles. The normalized spacial score (nSPS) is 16.0. The second-order valence-corrected chi connectivity index (χ2v) is 7.79. The molecule has 1 aliphatic rings. The molecule has 1 unspecified atom stereocenters. The van der Waals surface area contributed by atoms with Crippen LogP contribution in [-0.2, 0) is 16.0 Å². The first kappa shape index (κ1) is 23.0. The van der Waals surface area contributed by atoms with E-state index in [2.05, 4.69) is 5.32 Å². The number of amides is 2. The number of piperazine rings is 1. The Bertz CT molecular complexity index is 904. The van der Waals surface area contributed by atoms with Crippen LogP contribution >= 0.6 is 11.6 Å². The minimum Gasteiger partial charge on any atom is -0.380 e. The molecule has 1 saturated heterocycles. The summed E-state index contributed by atoms with van der Waals surface area (Å²) < 4.78 is 13.1. The molecule has 0 aliphatic carbocycles. The van der Waals surface area contributed by atoms with Crippen LogP contribution < -0.4 is 10.2 Å². The molecule has 2 aromatic rings. The predicted octanol–water partition coefficient (Wildman–Crippen LogP) is 1.21. The summed E-state index contributed by atoms with van der Waals surface area (Å²) >= 11 is 5.92. The molecule has 0 bridgehead atoms. The molecule has 3 N–H and O–H groups in total. The third-order valence-electron chi connectivity index (χ3n) is 5.21. The number of hydrogen-bond donors (Lipinski definition) is 3. The van der Waals surface area contributed by atoms with Crippen molar-refractivity contribution in [2.75, 3.05) is 37.6 Å². The van der Waals surface area contributed by atoms with Crippen LogP contribution in [0.1, 0.15) is 5.56 Å². The highest BCUT2D eigenvalue weighted by atomic mass is 35.5. The second-order valence-electron chi connectivity index (χ2n) is 7.35. The molecule has 1 heterocycles. The highest BCUT2D eigenvalue weighted by Crippen LogP contribution is 2.17. The summed E-state index contributed by atoms with van der Waals surface area (Å²) in [6, 6.07) is 13.3. The van der Waals surface area contributed by atoms with Crippen molar-refractivity contribution in [2.45, 2.75) is 18.6 Å². The van der Waals surface area contributed by atoms with Gasteiger partial charge in [0.2, 0.25) is 0 Å². The van der Waals surface area contributed by atoms with E-state index in [0.29, 0.717) is 37.6 Å². The number of hydrogen-bond acceptors (Lipinski definition) is 5. The number of aliphatic hydroxyl groups excluding tert-OH is 2. The molecule has 2 atom stereocenters. The summed E-state index contributed by atoms with van der Waals surface area (Å²) in [4.78, 5) is 28.1. The Morgan fingerprint density at radius 2 is 1.71 bits per heavy atom. The lowest BCUT2D eigenvalue weighted by molar-refractivity contribution is -0.153. The van der Waals surface area contributed by atoms with E-state index < -0.39 is 24.0 Å². The van der Waals surface area contributed by atoms with Gasteiger partial charge in [-0.05, 0) is 48.4 Å². The number of anilines is 1. The first-order valence-corrected chi connectivity index (χ1v) is 10.4. The fourth-order valence-electron chi connectivity index (χ4n) is 3.43. The molecule has 31 heavy (non-hydrogen) atoms. The van der Waals surface area contributed by atoms with Crippen molar-refractivity contribution in [3.63, 3.8) is 0 Å². The number of carbonyl (C=O) groups is 2. The Hall–Kier alpha value is -2.68. The predicted molar refractivity (Wildman–Crippen MR) is 115 cm³/mol. The standard InChI is InChI=1S/C22H25ClFN3O4/c23-16-3-1-2-15(14-16)8-9-25-21(30)19(28)20(29)22(31)27-12-10-26(11-13-27)18-6-4-17(24)5-7-18/h1-7,14,19-20,28-29H,8-13H2,(H,25,30)/t19-,20?/m1/s1. The molecular weight excluding hydrogens is 425 g/mol. The Balaban J connectivity index is 1.45. The van der Waals surface area contributed by atoms with Gasteiger partial charge in [0.15, 0.2) is 12.2 Å². The van der Waals surface area contributed by atoms with Crippen LogP contribution in [0.5, 0.6) is 0 Å². The number of nitrogens with one attached hydrogen (secondary N) is 1. The van der Waals surface area contributed by atoms with Crippen molar-refractivity contribution in [2.24, 2.45) is 0 Å². The molecule has 2 aromatic carbocycles. The van der Waals surface area contributed by atoms with E-state index in [1.54, 1.807) is 30.3 Å². The summed E-state index contributed by atoms with van der Waals surface area (Å²) in [6.07, 6.45) is -3.21. The molecule has 3 rings (SSSR count). The minimum atomic E-state index is -1.86.